The molecule has 1 fully saturated rings. The van der Waals surface area contributed by atoms with E-state index in [1.165, 1.54) is 4.90 Å². The van der Waals surface area contributed by atoms with Crippen LogP contribution in [0, 0.1) is 11.3 Å². The summed E-state index contributed by atoms with van der Waals surface area (Å²) in [5, 5.41) is 8.85. The lowest BCUT2D eigenvalue weighted by Gasteiger charge is -2.23. The quantitative estimate of drug-likeness (QED) is 0.789. The molecule has 1 heterocycles. The van der Waals surface area contributed by atoms with Gasteiger partial charge in [0, 0.05) is 13.1 Å². The number of rotatable bonds is 5. The standard InChI is InChI=1S/C20H20N2O4S/c1-22(18-10-11-27(24,25)14-18)20(23)13-26-19-8-6-17(7-9-19)16-4-2-15(12-21)3-5-16/h2-9,18H,10-11,13-14H2,1H3/t18-/m0/s1. The van der Waals surface area contributed by atoms with Gasteiger partial charge in [0.15, 0.2) is 16.4 Å². The molecule has 6 nitrogen and oxygen atoms in total. The number of hydrogen-bond donors (Lipinski definition) is 0. The maximum atomic E-state index is 12.2. The van der Waals surface area contributed by atoms with Gasteiger partial charge in [-0.05, 0) is 41.8 Å². The van der Waals surface area contributed by atoms with Crippen LogP contribution >= 0.6 is 0 Å². The molecule has 0 unspecified atom stereocenters. The van der Waals surface area contributed by atoms with Gasteiger partial charge in [0.2, 0.25) is 0 Å². The van der Waals surface area contributed by atoms with Crippen molar-refractivity contribution in [2.45, 2.75) is 12.5 Å². The first kappa shape index (κ1) is 18.9. The minimum Gasteiger partial charge on any atom is -0.484 e. The first-order valence-corrected chi connectivity index (χ1v) is 10.4. The van der Waals surface area contributed by atoms with Gasteiger partial charge in [0.05, 0.1) is 23.1 Å². The average molecular weight is 384 g/mol. The number of benzene rings is 2. The van der Waals surface area contributed by atoms with Crippen LogP contribution in [0.3, 0.4) is 0 Å². The van der Waals surface area contributed by atoms with Crippen LogP contribution in [0.5, 0.6) is 5.75 Å². The molecule has 0 bridgehead atoms. The Balaban J connectivity index is 1.56. The van der Waals surface area contributed by atoms with Crippen LogP contribution in [0.25, 0.3) is 11.1 Å². The summed E-state index contributed by atoms with van der Waals surface area (Å²) in [7, 11) is -1.41. The number of amides is 1. The van der Waals surface area contributed by atoms with E-state index in [1.54, 1.807) is 31.3 Å². The zero-order valence-electron chi connectivity index (χ0n) is 15.0. The van der Waals surface area contributed by atoms with Crippen LogP contribution in [-0.4, -0.2) is 50.4 Å². The van der Waals surface area contributed by atoms with Crippen LogP contribution in [-0.2, 0) is 14.6 Å². The molecule has 1 amide bonds. The fourth-order valence-electron chi connectivity index (χ4n) is 3.01. The van der Waals surface area contributed by atoms with E-state index in [0.29, 0.717) is 17.7 Å². The fraction of sp³-hybridized carbons (Fsp3) is 0.300. The van der Waals surface area contributed by atoms with Gasteiger partial charge in [0.25, 0.3) is 5.91 Å². The first-order valence-electron chi connectivity index (χ1n) is 8.57. The molecule has 3 rings (SSSR count). The Morgan fingerprint density at radius 3 is 2.26 bits per heavy atom. The molecular weight excluding hydrogens is 364 g/mol. The highest BCUT2D eigenvalue weighted by Crippen LogP contribution is 2.23. The monoisotopic (exact) mass is 384 g/mol. The number of nitrogens with zero attached hydrogens (tertiary/aromatic N) is 2. The van der Waals surface area contributed by atoms with E-state index in [4.69, 9.17) is 10.00 Å². The van der Waals surface area contributed by atoms with Crippen molar-refractivity contribution in [3.8, 4) is 22.9 Å². The normalized spacial score (nSPS) is 17.9. The summed E-state index contributed by atoms with van der Waals surface area (Å²) in [6.07, 6.45) is 0.476. The molecular formula is C20H20N2O4S. The van der Waals surface area contributed by atoms with E-state index < -0.39 is 9.84 Å². The molecule has 2 aromatic carbocycles. The van der Waals surface area contributed by atoms with Gasteiger partial charge in [-0.25, -0.2) is 8.42 Å². The highest BCUT2D eigenvalue weighted by Gasteiger charge is 2.32. The summed E-state index contributed by atoms with van der Waals surface area (Å²) in [6, 6.07) is 16.4. The van der Waals surface area contributed by atoms with Crippen molar-refractivity contribution in [2.75, 3.05) is 25.2 Å². The molecule has 140 valence electrons. The molecule has 0 aliphatic carbocycles. The minimum absolute atomic E-state index is 0.0223. The number of nitriles is 1. The Kier molecular flexibility index (Phi) is 5.47. The first-order chi connectivity index (χ1) is 12.9. The fourth-order valence-corrected chi connectivity index (χ4v) is 4.79. The zero-order valence-corrected chi connectivity index (χ0v) is 15.8. The zero-order chi connectivity index (χ0) is 19.4. The van der Waals surface area contributed by atoms with E-state index in [1.807, 2.05) is 24.3 Å². The van der Waals surface area contributed by atoms with Crippen molar-refractivity contribution >= 4 is 15.7 Å². The van der Waals surface area contributed by atoms with Gasteiger partial charge >= 0.3 is 0 Å². The summed E-state index contributed by atoms with van der Waals surface area (Å²) in [4.78, 5) is 13.7. The predicted molar refractivity (Wildman–Crippen MR) is 102 cm³/mol. The van der Waals surface area contributed by atoms with Gasteiger partial charge in [-0.1, -0.05) is 24.3 Å². The lowest BCUT2D eigenvalue weighted by atomic mass is 10.0. The van der Waals surface area contributed by atoms with Gasteiger partial charge in [0.1, 0.15) is 5.75 Å². The molecule has 0 aromatic heterocycles. The van der Waals surface area contributed by atoms with E-state index in [2.05, 4.69) is 6.07 Å². The maximum absolute atomic E-state index is 12.2. The minimum atomic E-state index is -3.03. The third kappa shape index (κ3) is 4.66. The van der Waals surface area contributed by atoms with E-state index in [0.717, 1.165) is 11.1 Å². The summed E-state index contributed by atoms with van der Waals surface area (Å²) < 4.78 is 28.6. The SMILES string of the molecule is CN(C(=O)COc1ccc(-c2ccc(C#N)cc2)cc1)[C@H]1CCS(=O)(=O)C1. The summed E-state index contributed by atoms with van der Waals surface area (Å²) in [5.41, 5.74) is 2.57. The lowest BCUT2D eigenvalue weighted by molar-refractivity contribution is -0.133. The second kappa shape index (κ2) is 7.80. The van der Waals surface area contributed by atoms with Crippen molar-refractivity contribution in [1.29, 1.82) is 5.26 Å². The van der Waals surface area contributed by atoms with Gasteiger partial charge in [-0.2, -0.15) is 5.26 Å². The highest BCUT2D eigenvalue weighted by molar-refractivity contribution is 7.91. The molecule has 1 atom stereocenters. The molecule has 0 radical (unpaired) electrons. The van der Waals surface area contributed by atoms with Crippen LogP contribution < -0.4 is 4.74 Å². The molecule has 0 spiro atoms. The Labute approximate surface area is 158 Å². The predicted octanol–water partition coefficient (Wildman–Crippen LogP) is 2.25. The van der Waals surface area contributed by atoms with Crippen molar-refractivity contribution in [1.82, 2.24) is 4.90 Å². The number of hydrogen-bond acceptors (Lipinski definition) is 5. The maximum Gasteiger partial charge on any atom is 0.260 e. The van der Waals surface area contributed by atoms with Crippen molar-refractivity contribution in [3.63, 3.8) is 0 Å². The third-order valence-electron chi connectivity index (χ3n) is 4.71. The van der Waals surface area contributed by atoms with Crippen molar-refractivity contribution in [3.05, 3.63) is 54.1 Å². The van der Waals surface area contributed by atoms with E-state index in [-0.39, 0.29) is 30.1 Å². The number of carbonyl (C=O) groups is 1. The van der Waals surface area contributed by atoms with Gasteiger partial charge in [-0.15, -0.1) is 0 Å². The third-order valence-corrected chi connectivity index (χ3v) is 6.46. The summed E-state index contributed by atoms with van der Waals surface area (Å²) in [5.74, 6) is 0.475. The average Bonchev–Trinajstić information content (AvgIpc) is 3.05. The van der Waals surface area contributed by atoms with E-state index >= 15 is 0 Å². The van der Waals surface area contributed by atoms with Crippen LogP contribution in [0.1, 0.15) is 12.0 Å². The second-order valence-corrected chi connectivity index (χ2v) is 8.79. The largest absolute Gasteiger partial charge is 0.484 e. The molecule has 1 aliphatic rings. The number of carbonyl (C=O) groups excluding carboxylic acids is 1. The van der Waals surface area contributed by atoms with Crippen LogP contribution in [0.4, 0.5) is 0 Å². The Bertz CT molecular complexity index is 961. The molecule has 0 N–H and O–H groups in total. The van der Waals surface area contributed by atoms with Crippen molar-refractivity contribution in [2.24, 2.45) is 0 Å². The Morgan fingerprint density at radius 1 is 1.15 bits per heavy atom. The number of sulfone groups is 1. The topological polar surface area (TPSA) is 87.5 Å². The smallest absolute Gasteiger partial charge is 0.260 e. The molecule has 1 aliphatic heterocycles. The summed E-state index contributed by atoms with van der Waals surface area (Å²) >= 11 is 0. The highest BCUT2D eigenvalue weighted by atomic mass is 32.2. The second-order valence-electron chi connectivity index (χ2n) is 6.56. The molecule has 0 saturated carbocycles. The lowest BCUT2D eigenvalue weighted by Crippen LogP contribution is -2.40. The molecule has 7 heteroatoms. The van der Waals surface area contributed by atoms with Gasteiger partial charge in [-0.3, -0.25) is 4.79 Å². The Morgan fingerprint density at radius 2 is 1.74 bits per heavy atom. The number of likely N-dealkylation sites (N-methyl/N-ethyl adjacent to an activating group) is 1. The van der Waals surface area contributed by atoms with Crippen LogP contribution in [0.15, 0.2) is 48.5 Å². The Hall–Kier alpha value is -2.85. The molecule has 27 heavy (non-hydrogen) atoms. The van der Waals surface area contributed by atoms with Gasteiger partial charge < -0.3 is 9.64 Å². The number of ether oxygens (including phenoxy) is 1. The molecule has 2 aromatic rings. The van der Waals surface area contributed by atoms with E-state index in [9.17, 15) is 13.2 Å². The summed E-state index contributed by atoms with van der Waals surface area (Å²) in [6.45, 7) is -0.136. The van der Waals surface area contributed by atoms with Crippen molar-refractivity contribution < 1.29 is 17.9 Å². The molecule has 1 saturated heterocycles. The van der Waals surface area contributed by atoms with Crippen LogP contribution in [0.2, 0.25) is 0 Å².